The molecule has 0 fully saturated rings. The van der Waals surface area contributed by atoms with Crippen LogP contribution in [0.3, 0.4) is 0 Å². The van der Waals surface area contributed by atoms with Gasteiger partial charge in [-0.15, -0.1) is 0 Å². The molecule has 0 radical (unpaired) electrons. The normalized spacial score (nSPS) is 14.9. The van der Waals surface area contributed by atoms with Crippen molar-refractivity contribution in [2.45, 2.75) is 19.2 Å². The second-order valence-electron chi connectivity index (χ2n) is 5.65. The Morgan fingerprint density at radius 2 is 1.96 bits per heavy atom. The number of benzene rings is 1. The van der Waals surface area contributed by atoms with Crippen LogP contribution in [0, 0.1) is 5.92 Å². The lowest BCUT2D eigenvalue weighted by Gasteiger charge is -2.16. The molecule has 1 aromatic carbocycles. The fourth-order valence-corrected chi connectivity index (χ4v) is 3.49. The average Bonchev–Trinajstić information content (AvgIpc) is 2.95. The molecule has 5 nitrogen and oxygen atoms in total. The van der Waals surface area contributed by atoms with Crippen molar-refractivity contribution in [3.63, 3.8) is 0 Å². The van der Waals surface area contributed by atoms with E-state index in [9.17, 15) is 13.3 Å². The zero-order chi connectivity index (χ0) is 17.3. The fraction of sp³-hybridized carbons (Fsp3) is 0.429. The molecule has 1 N–H and O–H groups in total. The lowest BCUT2D eigenvalue weighted by atomic mass is 10.2. The van der Waals surface area contributed by atoms with Gasteiger partial charge in [-0.05, 0) is 29.7 Å². The van der Waals surface area contributed by atoms with Crippen molar-refractivity contribution < 1.29 is 17.9 Å². The molecule has 0 aliphatic heterocycles. The summed E-state index contributed by atoms with van der Waals surface area (Å²) in [5, 5.41) is 3.45. The fourth-order valence-electron chi connectivity index (χ4n) is 1.80. The number of rotatable bonds is 6. The molecular formula is C14H17ClF2N3O2P. The summed E-state index contributed by atoms with van der Waals surface area (Å²) in [6.07, 6.45) is 0. The first-order chi connectivity index (χ1) is 10.6. The van der Waals surface area contributed by atoms with Crippen LogP contribution in [-0.2, 0) is 9.95 Å². The highest BCUT2D eigenvalue weighted by Gasteiger charge is 2.35. The Morgan fingerprint density at radius 3 is 2.43 bits per heavy atom. The molecule has 0 amide bonds. The van der Waals surface area contributed by atoms with Gasteiger partial charge in [0.25, 0.3) is 0 Å². The molecule has 2 aromatic rings. The van der Waals surface area contributed by atoms with Gasteiger partial charge in [0.15, 0.2) is 7.29 Å². The van der Waals surface area contributed by atoms with Crippen LogP contribution in [0.2, 0.25) is 0 Å². The molecule has 1 unspecified atom stereocenters. The van der Waals surface area contributed by atoms with E-state index in [-0.39, 0.29) is 5.82 Å². The van der Waals surface area contributed by atoms with Gasteiger partial charge < -0.3 is 9.09 Å². The predicted molar refractivity (Wildman–Crippen MR) is 85.5 cm³/mol. The van der Waals surface area contributed by atoms with E-state index < -0.39 is 18.6 Å². The summed E-state index contributed by atoms with van der Waals surface area (Å²) in [4.78, 5) is 3.56. The molecule has 2 rings (SSSR count). The molecule has 9 heteroatoms. The number of hydrogen-bond donors (Lipinski definition) is 1. The van der Waals surface area contributed by atoms with E-state index in [2.05, 4.69) is 19.8 Å². The zero-order valence-electron chi connectivity index (χ0n) is 12.9. The summed E-state index contributed by atoms with van der Waals surface area (Å²) in [6.45, 7) is 6.33. The Balaban J connectivity index is 2.19. The predicted octanol–water partition coefficient (Wildman–Crippen LogP) is 3.80. The number of aromatic nitrogens is 2. The van der Waals surface area contributed by atoms with E-state index in [1.807, 2.05) is 13.8 Å². The van der Waals surface area contributed by atoms with Crippen molar-refractivity contribution in [3.8, 4) is 11.4 Å². The lowest BCUT2D eigenvalue weighted by Crippen LogP contribution is -2.22. The van der Waals surface area contributed by atoms with Gasteiger partial charge in [0, 0.05) is 24.1 Å². The zero-order valence-corrected chi connectivity index (χ0v) is 14.5. The summed E-state index contributed by atoms with van der Waals surface area (Å²) < 4.78 is 42.8. The van der Waals surface area contributed by atoms with Gasteiger partial charge in [-0.25, -0.2) is 0 Å². The second-order valence-corrected chi connectivity index (χ2v) is 8.80. The van der Waals surface area contributed by atoms with Crippen molar-refractivity contribution >= 4 is 24.2 Å². The summed E-state index contributed by atoms with van der Waals surface area (Å²) >= 11 is 4.83. The van der Waals surface area contributed by atoms with Crippen LogP contribution in [0.1, 0.15) is 19.7 Å². The summed E-state index contributed by atoms with van der Waals surface area (Å²) in [5.41, 5.74) is 0.466. The van der Waals surface area contributed by atoms with Crippen LogP contribution in [0.5, 0.6) is 0 Å². The van der Waals surface area contributed by atoms with Crippen LogP contribution in [0.25, 0.3) is 11.4 Å². The van der Waals surface area contributed by atoms with Crippen LogP contribution >= 0.6 is 18.9 Å². The first-order valence-corrected chi connectivity index (χ1v) is 9.47. The first-order valence-electron chi connectivity index (χ1n) is 6.94. The van der Waals surface area contributed by atoms with Crippen LogP contribution in [-0.4, -0.2) is 23.4 Å². The average molecular weight is 364 g/mol. The van der Waals surface area contributed by atoms with E-state index >= 15 is 0 Å². The smallest absolute Gasteiger partial charge is 0.331 e. The molecular weight excluding hydrogens is 347 g/mol. The molecule has 0 saturated carbocycles. The van der Waals surface area contributed by atoms with E-state index in [1.165, 1.54) is 0 Å². The Kier molecular flexibility index (Phi) is 5.23. The Morgan fingerprint density at radius 1 is 1.35 bits per heavy atom. The largest absolute Gasteiger partial charge is 0.400 e. The van der Waals surface area contributed by atoms with Crippen molar-refractivity contribution in [2.24, 2.45) is 5.92 Å². The molecule has 1 aromatic heterocycles. The monoisotopic (exact) mass is 363 g/mol. The maximum absolute atomic E-state index is 12.9. The molecule has 0 spiro atoms. The third kappa shape index (κ3) is 4.59. The molecule has 1 atom stereocenters. The van der Waals surface area contributed by atoms with Crippen molar-refractivity contribution in [2.75, 3.05) is 13.2 Å². The molecule has 126 valence electrons. The van der Waals surface area contributed by atoms with Crippen molar-refractivity contribution in [1.82, 2.24) is 15.2 Å². The highest BCUT2D eigenvalue weighted by molar-refractivity contribution is 7.68. The summed E-state index contributed by atoms with van der Waals surface area (Å²) in [5.74, 6) is -0.594. The highest BCUT2D eigenvalue weighted by Crippen LogP contribution is 2.36. The van der Waals surface area contributed by atoms with Crippen molar-refractivity contribution in [3.05, 3.63) is 30.2 Å². The van der Waals surface area contributed by atoms with Crippen molar-refractivity contribution in [1.29, 1.82) is 0 Å². The van der Waals surface area contributed by atoms with Gasteiger partial charge in [0.2, 0.25) is 5.82 Å². The minimum absolute atomic E-state index is 0.00653. The minimum Gasteiger partial charge on any atom is -0.331 e. The molecule has 0 aliphatic carbocycles. The number of nitrogens with zero attached hydrogens (tertiary/aromatic N) is 2. The van der Waals surface area contributed by atoms with E-state index in [0.29, 0.717) is 23.3 Å². The maximum Gasteiger partial charge on any atom is 0.400 e. The third-order valence-corrected chi connectivity index (χ3v) is 5.32. The first kappa shape index (κ1) is 18.0. The van der Waals surface area contributed by atoms with Gasteiger partial charge in [-0.2, -0.15) is 13.8 Å². The molecule has 1 heterocycles. The Labute approximate surface area is 137 Å². The van der Waals surface area contributed by atoms with Gasteiger partial charge >= 0.3 is 11.3 Å². The summed E-state index contributed by atoms with van der Waals surface area (Å²) in [6, 6.07) is 6.50. The summed E-state index contributed by atoms with van der Waals surface area (Å²) in [7, 11) is -2.69. The molecule has 23 heavy (non-hydrogen) atoms. The van der Waals surface area contributed by atoms with Crippen LogP contribution < -0.4 is 10.4 Å². The topological polar surface area (TPSA) is 68.0 Å². The van der Waals surface area contributed by atoms with E-state index in [1.54, 1.807) is 30.9 Å². The number of halogens is 3. The Hall–Kier alpha value is -1.30. The number of hydrogen-bond acceptors (Lipinski definition) is 4. The highest BCUT2D eigenvalue weighted by atomic mass is 35.5. The Bertz CT molecular complexity index is 714. The molecule has 0 aliphatic rings. The SMILES string of the molecule is CC(C)CNP(C)(=O)c1ccc(-c2noc(C(F)(F)Cl)n2)cc1. The molecule has 0 bridgehead atoms. The van der Waals surface area contributed by atoms with Crippen LogP contribution in [0.4, 0.5) is 8.78 Å². The van der Waals surface area contributed by atoms with Gasteiger partial charge in [-0.1, -0.05) is 31.1 Å². The quantitative estimate of drug-likeness (QED) is 0.624. The van der Waals surface area contributed by atoms with Gasteiger partial charge in [0.1, 0.15) is 0 Å². The third-order valence-electron chi connectivity index (χ3n) is 3.09. The lowest BCUT2D eigenvalue weighted by molar-refractivity contribution is 0.0551. The maximum atomic E-state index is 12.9. The molecule has 0 saturated heterocycles. The number of nitrogens with one attached hydrogen (secondary N) is 1. The van der Waals surface area contributed by atoms with Gasteiger partial charge in [-0.3, -0.25) is 5.09 Å². The minimum atomic E-state index is -3.70. The second kappa shape index (κ2) is 6.67. The van der Waals surface area contributed by atoms with Gasteiger partial charge in [0.05, 0.1) is 0 Å². The van der Waals surface area contributed by atoms with Crippen LogP contribution in [0.15, 0.2) is 28.8 Å². The standard InChI is InChI=1S/C14H17ClF2N3O2P/c1-9(2)8-18-23(3,21)11-6-4-10(5-7-11)12-19-13(22-20-12)14(15,16)17/h4-7,9H,8H2,1-3H3,(H,18,21). The van der Waals surface area contributed by atoms with E-state index in [4.69, 9.17) is 11.6 Å². The number of alkyl halides is 3. The van der Waals surface area contributed by atoms with E-state index in [0.717, 1.165) is 0 Å².